The average Bonchev–Trinajstić information content (AvgIpc) is 2.41. The monoisotopic (exact) mass is 290 g/mol. The van der Waals surface area contributed by atoms with Crippen LogP contribution in [0.15, 0.2) is 29.2 Å². The Bertz CT molecular complexity index is 593. The Morgan fingerprint density at radius 1 is 0.684 bits per heavy atom. The van der Waals surface area contributed by atoms with E-state index in [9.17, 15) is 22.0 Å². The number of hydrogen-bond acceptors (Lipinski definition) is 1. The lowest BCUT2D eigenvalue weighted by atomic mass is 10.0. The van der Waals surface area contributed by atoms with E-state index in [1.165, 1.54) is 12.1 Å². The van der Waals surface area contributed by atoms with Crippen LogP contribution in [-0.2, 0) is 6.42 Å². The molecule has 0 aliphatic carbocycles. The molecule has 0 atom stereocenters. The van der Waals surface area contributed by atoms with E-state index >= 15 is 0 Å². The molecule has 0 aliphatic rings. The summed E-state index contributed by atoms with van der Waals surface area (Å²) < 4.78 is 65.7. The predicted octanol–water partition coefficient (Wildman–Crippen LogP) is 4.26. The smallest absolute Gasteiger partial charge is 0.200 e. The first-order chi connectivity index (χ1) is 8.91. The van der Waals surface area contributed by atoms with Gasteiger partial charge in [0, 0.05) is 16.9 Å². The van der Waals surface area contributed by atoms with Crippen molar-refractivity contribution < 1.29 is 22.0 Å². The van der Waals surface area contributed by atoms with Crippen molar-refractivity contribution in [1.29, 1.82) is 0 Å². The molecule has 0 saturated carbocycles. The van der Waals surface area contributed by atoms with Gasteiger partial charge >= 0.3 is 0 Å². The Labute approximate surface area is 111 Å². The van der Waals surface area contributed by atoms with Gasteiger partial charge in [-0.25, -0.2) is 22.0 Å². The van der Waals surface area contributed by atoms with E-state index in [0.29, 0.717) is 10.5 Å². The molecule has 0 fully saturated rings. The fourth-order valence-corrected chi connectivity index (χ4v) is 1.77. The fraction of sp³-hybridized carbons (Fsp3) is 0.0769. The highest BCUT2D eigenvalue weighted by Gasteiger charge is 2.25. The van der Waals surface area contributed by atoms with Crippen LogP contribution in [0, 0.1) is 29.1 Å². The molecule has 19 heavy (non-hydrogen) atoms. The normalized spacial score (nSPS) is 10.8. The summed E-state index contributed by atoms with van der Waals surface area (Å²) in [7, 11) is 0. The molecule has 2 aromatic rings. The van der Waals surface area contributed by atoms with E-state index in [2.05, 4.69) is 12.6 Å². The standard InChI is InChI=1S/C13H7F5S/c14-9-8(5-6-1-3-7(19)4-2-6)10(15)12(17)13(18)11(9)16/h1-4,19H,5H2. The van der Waals surface area contributed by atoms with Crippen LogP contribution in [0.25, 0.3) is 0 Å². The van der Waals surface area contributed by atoms with Gasteiger partial charge in [-0.1, -0.05) is 12.1 Å². The molecule has 0 aliphatic heterocycles. The molecule has 100 valence electrons. The predicted molar refractivity (Wildman–Crippen MR) is 62.7 cm³/mol. The van der Waals surface area contributed by atoms with Crippen LogP contribution in [0.2, 0.25) is 0 Å². The Hall–Kier alpha value is -1.56. The number of benzene rings is 2. The van der Waals surface area contributed by atoms with Crippen molar-refractivity contribution >= 4 is 12.6 Å². The van der Waals surface area contributed by atoms with Gasteiger partial charge in [0.15, 0.2) is 23.3 Å². The summed E-state index contributed by atoms with van der Waals surface area (Å²) in [5.41, 5.74) is -0.427. The second kappa shape index (κ2) is 5.21. The fourth-order valence-electron chi connectivity index (χ4n) is 1.62. The van der Waals surface area contributed by atoms with Gasteiger partial charge in [0.2, 0.25) is 5.82 Å². The molecule has 0 amide bonds. The van der Waals surface area contributed by atoms with Crippen LogP contribution in [0.1, 0.15) is 11.1 Å². The molecule has 0 spiro atoms. The number of hydrogen-bond donors (Lipinski definition) is 1. The minimum absolute atomic E-state index is 0.389. The molecule has 0 heterocycles. The van der Waals surface area contributed by atoms with E-state index in [4.69, 9.17) is 0 Å². The molecule has 2 aromatic carbocycles. The summed E-state index contributed by atoms with van der Waals surface area (Å²) in [6.07, 6.45) is -0.389. The summed E-state index contributed by atoms with van der Waals surface area (Å²) in [4.78, 5) is 0.626. The van der Waals surface area contributed by atoms with Crippen molar-refractivity contribution in [2.75, 3.05) is 0 Å². The SMILES string of the molecule is Fc1c(F)c(F)c(Cc2ccc(S)cc2)c(F)c1F. The van der Waals surface area contributed by atoms with Gasteiger partial charge < -0.3 is 0 Å². The van der Waals surface area contributed by atoms with Gasteiger partial charge in [-0.15, -0.1) is 12.6 Å². The zero-order chi connectivity index (χ0) is 14.2. The van der Waals surface area contributed by atoms with Crippen LogP contribution in [-0.4, -0.2) is 0 Å². The van der Waals surface area contributed by atoms with Gasteiger partial charge in [0.1, 0.15) is 0 Å². The first kappa shape index (κ1) is 13.9. The van der Waals surface area contributed by atoms with Crippen LogP contribution < -0.4 is 0 Å². The number of rotatable bonds is 2. The highest BCUT2D eigenvalue weighted by Crippen LogP contribution is 2.25. The van der Waals surface area contributed by atoms with Gasteiger partial charge in [0.05, 0.1) is 0 Å². The Morgan fingerprint density at radius 3 is 1.58 bits per heavy atom. The summed E-state index contributed by atoms with van der Waals surface area (Å²) in [5, 5.41) is 0. The quantitative estimate of drug-likeness (QED) is 0.363. The third kappa shape index (κ3) is 2.58. The third-order valence-electron chi connectivity index (χ3n) is 2.62. The van der Waals surface area contributed by atoms with E-state index in [-0.39, 0.29) is 6.42 Å². The van der Waals surface area contributed by atoms with E-state index in [1.807, 2.05) is 0 Å². The van der Waals surface area contributed by atoms with Crippen LogP contribution >= 0.6 is 12.6 Å². The summed E-state index contributed by atoms with van der Waals surface area (Å²) in [6, 6.07) is 6.12. The van der Waals surface area contributed by atoms with Crippen molar-refractivity contribution in [2.45, 2.75) is 11.3 Å². The second-order valence-electron chi connectivity index (χ2n) is 3.89. The number of halogens is 5. The lowest BCUT2D eigenvalue weighted by Crippen LogP contribution is -2.07. The first-order valence-corrected chi connectivity index (χ1v) is 5.64. The summed E-state index contributed by atoms with van der Waals surface area (Å²) >= 11 is 4.03. The molecular weight excluding hydrogens is 283 g/mol. The average molecular weight is 290 g/mol. The summed E-state index contributed by atoms with van der Waals surface area (Å²) in [5.74, 6) is -9.61. The highest BCUT2D eigenvalue weighted by atomic mass is 32.1. The van der Waals surface area contributed by atoms with Gasteiger partial charge in [-0.3, -0.25) is 0 Å². The molecule has 0 aromatic heterocycles. The maximum absolute atomic E-state index is 13.4. The van der Waals surface area contributed by atoms with Crippen LogP contribution in [0.4, 0.5) is 22.0 Å². The van der Waals surface area contributed by atoms with E-state index in [1.54, 1.807) is 12.1 Å². The minimum Gasteiger partial charge on any atom is -0.203 e. The topological polar surface area (TPSA) is 0 Å². The minimum atomic E-state index is -2.15. The van der Waals surface area contributed by atoms with Crippen molar-refractivity contribution in [3.8, 4) is 0 Å². The molecule has 0 saturated heterocycles. The molecule has 6 heteroatoms. The zero-order valence-electron chi connectivity index (χ0n) is 9.35. The first-order valence-electron chi connectivity index (χ1n) is 5.20. The van der Waals surface area contributed by atoms with Gasteiger partial charge in [-0.05, 0) is 17.7 Å². The molecule has 0 unspecified atom stereocenters. The Morgan fingerprint density at radius 2 is 1.11 bits per heavy atom. The van der Waals surface area contributed by atoms with Gasteiger partial charge in [0.25, 0.3) is 0 Å². The van der Waals surface area contributed by atoms with Crippen LogP contribution in [0.5, 0.6) is 0 Å². The number of thiol groups is 1. The lowest BCUT2D eigenvalue weighted by Gasteiger charge is -2.08. The van der Waals surface area contributed by atoms with Gasteiger partial charge in [-0.2, -0.15) is 0 Å². The van der Waals surface area contributed by atoms with E-state index < -0.39 is 34.6 Å². The van der Waals surface area contributed by atoms with Crippen LogP contribution in [0.3, 0.4) is 0 Å². The van der Waals surface area contributed by atoms with Crippen molar-refractivity contribution in [2.24, 2.45) is 0 Å². The molecular formula is C13H7F5S. The van der Waals surface area contributed by atoms with Crippen molar-refractivity contribution in [3.63, 3.8) is 0 Å². The maximum atomic E-state index is 13.4. The maximum Gasteiger partial charge on any atom is 0.200 e. The third-order valence-corrected chi connectivity index (χ3v) is 2.92. The second-order valence-corrected chi connectivity index (χ2v) is 4.41. The molecule has 0 nitrogen and oxygen atoms in total. The van der Waals surface area contributed by atoms with Crippen molar-refractivity contribution in [1.82, 2.24) is 0 Å². The molecule has 0 N–H and O–H groups in total. The Balaban J connectivity index is 2.48. The highest BCUT2D eigenvalue weighted by molar-refractivity contribution is 7.80. The molecule has 0 radical (unpaired) electrons. The Kier molecular flexibility index (Phi) is 3.80. The van der Waals surface area contributed by atoms with Crippen molar-refractivity contribution in [3.05, 3.63) is 64.5 Å². The lowest BCUT2D eigenvalue weighted by molar-refractivity contribution is 0.371. The zero-order valence-corrected chi connectivity index (χ0v) is 10.2. The van der Waals surface area contributed by atoms with E-state index in [0.717, 1.165) is 0 Å². The summed E-state index contributed by atoms with van der Waals surface area (Å²) in [6.45, 7) is 0. The molecule has 0 bridgehead atoms. The largest absolute Gasteiger partial charge is 0.203 e. The molecule has 2 rings (SSSR count).